The number of benzene rings is 1. The van der Waals surface area contributed by atoms with Crippen LogP contribution in [0, 0.1) is 10.8 Å². The largest absolute Gasteiger partial charge is 0.484 e. The van der Waals surface area contributed by atoms with E-state index in [1.807, 2.05) is 4.90 Å². The third-order valence-corrected chi connectivity index (χ3v) is 5.16. The van der Waals surface area contributed by atoms with Gasteiger partial charge in [0.15, 0.2) is 6.61 Å². The average Bonchev–Trinajstić information content (AvgIpc) is 2.67. The monoisotopic (exact) mass is 321 g/mol. The molecular weight excluding hydrogens is 298 g/mol. The maximum atomic E-state index is 12.6. The summed E-state index contributed by atoms with van der Waals surface area (Å²) >= 11 is 5.85. The summed E-state index contributed by atoms with van der Waals surface area (Å²) in [7, 11) is 0. The number of amides is 1. The van der Waals surface area contributed by atoms with Crippen LogP contribution in [-0.2, 0) is 4.79 Å². The summed E-state index contributed by atoms with van der Waals surface area (Å²) in [5.74, 6) is 0.785. The number of carbonyl (C=O) groups is 1. The number of ether oxygens (including phenoxy) is 1. The van der Waals surface area contributed by atoms with Crippen molar-refractivity contribution in [3.63, 3.8) is 0 Å². The SMILES string of the molecule is CC1(C)C[C@@H]2C[C@](C)(CN2C(=O)COc2ccc(Cl)cc2)C1. The highest BCUT2D eigenvalue weighted by atomic mass is 35.5. The molecule has 1 saturated heterocycles. The van der Waals surface area contributed by atoms with Gasteiger partial charge in [0.2, 0.25) is 0 Å². The number of hydrogen-bond acceptors (Lipinski definition) is 2. The Morgan fingerprint density at radius 3 is 2.64 bits per heavy atom. The number of carbonyl (C=O) groups excluding carboxylic acids is 1. The number of nitrogens with zero attached hydrogens (tertiary/aromatic N) is 1. The first-order chi connectivity index (χ1) is 10.3. The van der Waals surface area contributed by atoms with Gasteiger partial charge in [-0.2, -0.15) is 0 Å². The highest BCUT2D eigenvalue weighted by Gasteiger charge is 2.50. The molecule has 2 aliphatic rings. The third kappa shape index (κ3) is 3.24. The highest BCUT2D eigenvalue weighted by Crippen LogP contribution is 2.52. The van der Waals surface area contributed by atoms with E-state index in [0.717, 1.165) is 19.4 Å². The van der Waals surface area contributed by atoms with Crippen LogP contribution in [0.5, 0.6) is 5.75 Å². The predicted molar refractivity (Wildman–Crippen MR) is 88.2 cm³/mol. The molecule has 0 unspecified atom stereocenters. The van der Waals surface area contributed by atoms with Crippen molar-refractivity contribution >= 4 is 17.5 Å². The summed E-state index contributed by atoms with van der Waals surface area (Å²) in [6, 6.07) is 7.50. The van der Waals surface area contributed by atoms with E-state index in [0.29, 0.717) is 22.2 Å². The van der Waals surface area contributed by atoms with Crippen molar-refractivity contribution in [3.05, 3.63) is 29.3 Å². The van der Waals surface area contributed by atoms with Crippen LogP contribution in [0.4, 0.5) is 0 Å². The van der Waals surface area contributed by atoms with Gasteiger partial charge in [-0.1, -0.05) is 32.4 Å². The second-order valence-electron chi connectivity index (χ2n) is 7.98. The molecule has 0 spiro atoms. The molecule has 0 aromatic heterocycles. The molecule has 1 aromatic carbocycles. The minimum Gasteiger partial charge on any atom is -0.484 e. The van der Waals surface area contributed by atoms with Crippen molar-refractivity contribution in [2.75, 3.05) is 13.2 Å². The lowest BCUT2D eigenvalue weighted by molar-refractivity contribution is -0.134. The second kappa shape index (κ2) is 5.45. The van der Waals surface area contributed by atoms with E-state index in [1.54, 1.807) is 24.3 Å². The quantitative estimate of drug-likeness (QED) is 0.837. The van der Waals surface area contributed by atoms with Gasteiger partial charge in [0.1, 0.15) is 5.75 Å². The minimum absolute atomic E-state index is 0.0985. The fourth-order valence-electron chi connectivity index (χ4n) is 4.51. The van der Waals surface area contributed by atoms with Crippen molar-refractivity contribution in [1.82, 2.24) is 4.90 Å². The van der Waals surface area contributed by atoms with Crippen LogP contribution in [0.25, 0.3) is 0 Å². The van der Waals surface area contributed by atoms with Crippen LogP contribution in [0.2, 0.25) is 5.02 Å². The molecule has 22 heavy (non-hydrogen) atoms. The molecule has 4 heteroatoms. The molecule has 120 valence electrons. The third-order valence-electron chi connectivity index (χ3n) is 4.91. The van der Waals surface area contributed by atoms with Crippen molar-refractivity contribution in [3.8, 4) is 5.75 Å². The van der Waals surface area contributed by atoms with Crippen LogP contribution in [0.15, 0.2) is 24.3 Å². The lowest BCUT2D eigenvalue weighted by atomic mass is 9.65. The first-order valence-corrected chi connectivity index (χ1v) is 8.32. The van der Waals surface area contributed by atoms with Crippen LogP contribution in [-0.4, -0.2) is 30.0 Å². The summed E-state index contributed by atoms with van der Waals surface area (Å²) in [5, 5.41) is 0.669. The second-order valence-corrected chi connectivity index (χ2v) is 8.41. The summed E-state index contributed by atoms with van der Waals surface area (Å²) in [6.45, 7) is 7.91. The van der Waals surface area contributed by atoms with E-state index < -0.39 is 0 Å². The van der Waals surface area contributed by atoms with E-state index in [2.05, 4.69) is 20.8 Å². The van der Waals surface area contributed by atoms with Crippen LogP contribution in [0.3, 0.4) is 0 Å². The molecule has 2 bridgehead atoms. The first kappa shape index (κ1) is 15.7. The van der Waals surface area contributed by atoms with Crippen molar-refractivity contribution in [1.29, 1.82) is 0 Å². The van der Waals surface area contributed by atoms with Gasteiger partial charge >= 0.3 is 0 Å². The molecule has 3 rings (SSSR count). The molecule has 1 aromatic rings. The first-order valence-electron chi connectivity index (χ1n) is 7.94. The molecule has 0 N–H and O–H groups in total. The number of hydrogen-bond donors (Lipinski definition) is 0. The molecule has 0 radical (unpaired) electrons. The Bertz CT molecular complexity index is 569. The minimum atomic E-state index is 0.0985. The van der Waals surface area contributed by atoms with E-state index in [9.17, 15) is 4.79 Å². The number of rotatable bonds is 3. The maximum Gasteiger partial charge on any atom is 0.260 e. The van der Waals surface area contributed by atoms with Gasteiger partial charge in [-0.05, 0) is 54.4 Å². The predicted octanol–water partition coefficient (Wildman–Crippen LogP) is 4.15. The smallest absolute Gasteiger partial charge is 0.260 e. The zero-order valence-corrected chi connectivity index (χ0v) is 14.3. The van der Waals surface area contributed by atoms with Crippen molar-refractivity contribution in [2.24, 2.45) is 10.8 Å². The van der Waals surface area contributed by atoms with Gasteiger partial charge in [-0.3, -0.25) is 4.79 Å². The Morgan fingerprint density at radius 1 is 1.27 bits per heavy atom. The van der Waals surface area contributed by atoms with E-state index in [-0.39, 0.29) is 17.9 Å². The van der Waals surface area contributed by atoms with Gasteiger partial charge in [-0.15, -0.1) is 0 Å². The average molecular weight is 322 g/mol. The fraction of sp³-hybridized carbons (Fsp3) is 0.611. The Balaban J connectivity index is 1.62. The summed E-state index contributed by atoms with van der Waals surface area (Å²) in [6.07, 6.45) is 3.41. The van der Waals surface area contributed by atoms with Gasteiger partial charge in [0.25, 0.3) is 5.91 Å². The van der Waals surface area contributed by atoms with Gasteiger partial charge in [0.05, 0.1) is 0 Å². The Kier molecular flexibility index (Phi) is 3.88. The topological polar surface area (TPSA) is 29.5 Å². The molecule has 1 aliphatic heterocycles. The molecular formula is C18H24ClNO2. The van der Waals surface area contributed by atoms with Crippen LogP contribution in [0.1, 0.15) is 40.0 Å². The molecule has 1 amide bonds. The van der Waals surface area contributed by atoms with Crippen LogP contribution < -0.4 is 4.74 Å². The molecule has 1 aliphatic carbocycles. The lowest BCUT2D eigenvalue weighted by Gasteiger charge is -2.39. The van der Waals surface area contributed by atoms with E-state index in [1.165, 1.54) is 6.42 Å². The van der Waals surface area contributed by atoms with Gasteiger partial charge in [-0.25, -0.2) is 0 Å². The van der Waals surface area contributed by atoms with Gasteiger partial charge < -0.3 is 9.64 Å². The molecule has 3 nitrogen and oxygen atoms in total. The molecule has 1 saturated carbocycles. The number of likely N-dealkylation sites (tertiary alicyclic amines) is 1. The summed E-state index contributed by atoms with van der Waals surface area (Å²) in [4.78, 5) is 14.6. The van der Waals surface area contributed by atoms with Crippen LogP contribution >= 0.6 is 11.6 Å². The molecule has 2 fully saturated rings. The van der Waals surface area contributed by atoms with Crippen molar-refractivity contribution in [2.45, 2.75) is 46.1 Å². The molecule has 1 heterocycles. The standard InChI is InChI=1S/C18H24ClNO2/c1-17(2)8-14-9-18(3,11-17)12-20(14)16(21)10-22-15-6-4-13(19)5-7-15/h4-7,14H,8-12H2,1-3H3/t14-,18+/m1/s1. The van der Waals surface area contributed by atoms with E-state index in [4.69, 9.17) is 16.3 Å². The molecule has 2 atom stereocenters. The Morgan fingerprint density at radius 2 is 1.95 bits per heavy atom. The Hall–Kier alpha value is -1.22. The summed E-state index contributed by atoms with van der Waals surface area (Å²) in [5.41, 5.74) is 0.589. The lowest BCUT2D eigenvalue weighted by Crippen LogP contribution is -2.40. The number of fused-ring (bicyclic) bond motifs is 2. The normalized spacial score (nSPS) is 29.5. The van der Waals surface area contributed by atoms with Gasteiger partial charge in [0, 0.05) is 17.6 Å². The fourth-order valence-corrected chi connectivity index (χ4v) is 4.64. The summed E-state index contributed by atoms with van der Waals surface area (Å²) < 4.78 is 5.62. The maximum absolute atomic E-state index is 12.6. The Labute approximate surface area is 137 Å². The van der Waals surface area contributed by atoms with Crippen molar-refractivity contribution < 1.29 is 9.53 Å². The zero-order chi connectivity index (χ0) is 16.0. The zero-order valence-electron chi connectivity index (χ0n) is 13.6. The highest BCUT2D eigenvalue weighted by molar-refractivity contribution is 6.30. The van der Waals surface area contributed by atoms with E-state index >= 15 is 0 Å². The number of halogens is 1.